The normalized spacial score (nSPS) is 17.9. The Kier molecular flexibility index (Phi) is 3.43. The maximum atomic E-state index is 5.60. The Morgan fingerprint density at radius 2 is 2.13 bits per heavy atom. The highest BCUT2D eigenvalue weighted by molar-refractivity contribution is 7.99. The maximum absolute atomic E-state index is 5.60. The lowest BCUT2D eigenvalue weighted by Gasteiger charge is -2.20. The van der Waals surface area contributed by atoms with E-state index < -0.39 is 0 Å². The molecule has 0 bridgehead atoms. The summed E-state index contributed by atoms with van der Waals surface area (Å²) in [5, 5.41) is 1.58. The fourth-order valence-corrected chi connectivity index (χ4v) is 2.74. The molecule has 2 heterocycles. The predicted molar refractivity (Wildman–Crippen MR) is 60.9 cm³/mol. The standard InChI is InChI=1S/C10H15N3OS/c1-7-6-9(13-10(11)12-7)15-8-2-4-14-5-3-8/h6,8H,2-5H2,1H3,(H2,11,12,13). The third kappa shape index (κ3) is 3.07. The quantitative estimate of drug-likeness (QED) is 0.775. The molecule has 82 valence electrons. The van der Waals surface area contributed by atoms with E-state index in [2.05, 4.69) is 9.97 Å². The molecule has 1 aromatic rings. The highest BCUT2D eigenvalue weighted by Gasteiger charge is 2.15. The van der Waals surface area contributed by atoms with Gasteiger partial charge in [0, 0.05) is 24.2 Å². The third-order valence-electron chi connectivity index (χ3n) is 2.30. The van der Waals surface area contributed by atoms with Crippen LogP contribution < -0.4 is 5.73 Å². The van der Waals surface area contributed by atoms with Crippen LogP contribution in [0.4, 0.5) is 5.95 Å². The van der Waals surface area contributed by atoms with Gasteiger partial charge in [0.05, 0.1) is 0 Å². The lowest BCUT2D eigenvalue weighted by Crippen LogP contribution is -2.17. The Bertz CT molecular complexity index is 319. The van der Waals surface area contributed by atoms with E-state index in [9.17, 15) is 0 Å². The van der Waals surface area contributed by atoms with Crippen molar-refractivity contribution in [3.63, 3.8) is 0 Å². The van der Waals surface area contributed by atoms with E-state index in [1.165, 1.54) is 0 Å². The lowest BCUT2D eigenvalue weighted by atomic mass is 10.2. The molecule has 0 radical (unpaired) electrons. The Morgan fingerprint density at radius 3 is 2.80 bits per heavy atom. The highest BCUT2D eigenvalue weighted by Crippen LogP contribution is 2.28. The van der Waals surface area contributed by atoms with Crippen LogP contribution in [-0.2, 0) is 4.74 Å². The molecule has 1 saturated heterocycles. The fourth-order valence-electron chi connectivity index (χ4n) is 1.59. The smallest absolute Gasteiger partial charge is 0.221 e. The molecule has 4 nitrogen and oxygen atoms in total. The lowest BCUT2D eigenvalue weighted by molar-refractivity contribution is 0.1000. The first-order chi connectivity index (χ1) is 7.24. The van der Waals surface area contributed by atoms with Crippen LogP contribution in [0.15, 0.2) is 11.1 Å². The molecule has 0 aromatic carbocycles. The molecule has 0 atom stereocenters. The van der Waals surface area contributed by atoms with Crippen molar-refractivity contribution in [2.75, 3.05) is 18.9 Å². The van der Waals surface area contributed by atoms with Crippen LogP contribution in [0.2, 0.25) is 0 Å². The molecule has 0 unspecified atom stereocenters. The van der Waals surface area contributed by atoms with Gasteiger partial charge in [-0.05, 0) is 25.8 Å². The number of thioether (sulfide) groups is 1. The van der Waals surface area contributed by atoms with Gasteiger partial charge in [0.25, 0.3) is 0 Å². The summed E-state index contributed by atoms with van der Waals surface area (Å²) in [5.74, 6) is 0.365. The first-order valence-corrected chi connectivity index (χ1v) is 5.97. The van der Waals surface area contributed by atoms with Crippen LogP contribution in [0.25, 0.3) is 0 Å². The van der Waals surface area contributed by atoms with Crippen LogP contribution in [0.3, 0.4) is 0 Å². The number of hydrogen-bond acceptors (Lipinski definition) is 5. The molecular formula is C10H15N3OS. The average Bonchev–Trinajstić information content (AvgIpc) is 2.17. The molecule has 0 amide bonds. The van der Waals surface area contributed by atoms with Crippen LogP contribution >= 0.6 is 11.8 Å². The molecule has 1 aliphatic rings. The Labute approximate surface area is 93.6 Å². The number of nitrogens with two attached hydrogens (primary N) is 1. The van der Waals surface area contributed by atoms with Crippen molar-refractivity contribution in [1.29, 1.82) is 0 Å². The summed E-state index contributed by atoms with van der Waals surface area (Å²) >= 11 is 1.78. The van der Waals surface area contributed by atoms with Crippen molar-refractivity contribution in [3.8, 4) is 0 Å². The largest absolute Gasteiger partial charge is 0.381 e. The average molecular weight is 225 g/mol. The molecule has 2 rings (SSSR count). The van der Waals surface area contributed by atoms with Crippen molar-refractivity contribution >= 4 is 17.7 Å². The second kappa shape index (κ2) is 4.81. The molecule has 0 aliphatic carbocycles. The van der Waals surface area contributed by atoms with Gasteiger partial charge in [-0.3, -0.25) is 0 Å². The number of anilines is 1. The zero-order chi connectivity index (χ0) is 10.7. The monoisotopic (exact) mass is 225 g/mol. The van der Waals surface area contributed by atoms with Gasteiger partial charge in [0.15, 0.2) is 0 Å². The molecule has 0 saturated carbocycles. The van der Waals surface area contributed by atoms with Gasteiger partial charge in [-0.25, -0.2) is 9.97 Å². The van der Waals surface area contributed by atoms with Gasteiger partial charge in [0.2, 0.25) is 5.95 Å². The molecule has 1 aliphatic heterocycles. The van der Waals surface area contributed by atoms with E-state index >= 15 is 0 Å². The molecule has 0 spiro atoms. The SMILES string of the molecule is Cc1cc(SC2CCOCC2)nc(N)n1. The number of rotatable bonds is 2. The number of nitrogens with zero attached hydrogens (tertiary/aromatic N) is 2. The van der Waals surface area contributed by atoms with Crippen LogP contribution in [0.5, 0.6) is 0 Å². The van der Waals surface area contributed by atoms with Gasteiger partial charge in [-0.2, -0.15) is 0 Å². The number of nitrogen functional groups attached to an aromatic ring is 1. The Hall–Kier alpha value is -0.810. The molecule has 2 N–H and O–H groups in total. The van der Waals surface area contributed by atoms with Crippen molar-refractivity contribution in [2.45, 2.75) is 30.0 Å². The second-order valence-corrected chi connectivity index (χ2v) is 4.96. The van der Waals surface area contributed by atoms with E-state index in [0.29, 0.717) is 11.2 Å². The summed E-state index contributed by atoms with van der Waals surface area (Å²) in [6, 6.07) is 1.98. The molecule has 15 heavy (non-hydrogen) atoms. The minimum Gasteiger partial charge on any atom is -0.381 e. The van der Waals surface area contributed by atoms with Crippen molar-refractivity contribution in [3.05, 3.63) is 11.8 Å². The minimum absolute atomic E-state index is 0.365. The molecule has 5 heteroatoms. The summed E-state index contributed by atoms with van der Waals surface area (Å²) in [5.41, 5.74) is 6.53. The number of hydrogen-bond donors (Lipinski definition) is 1. The summed E-state index contributed by atoms with van der Waals surface area (Å²) in [6.45, 7) is 3.65. The second-order valence-electron chi connectivity index (χ2n) is 3.64. The van der Waals surface area contributed by atoms with Gasteiger partial charge in [-0.1, -0.05) is 0 Å². The Morgan fingerprint density at radius 1 is 1.40 bits per heavy atom. The van der Waals surface area contributed by atoms with Crippen molar-refractivity contribution in [1.82, 2.24) is 9.97 Å². The molecule has 1 aromatic heterocycles. The van der Waals surface area contributed by atoms with Gasteiger partial charge in [-0.15, -0.1) is 11.8 Å². The predicted octanol–water partition coefficient (Wildman–Crippen LogP) is 1.64. The third-order valence-corrected chi connectivity index (χ3v) is 3.56. The summed E-state index contributed by atoms with van der Waals surface area (Å²) in [6.07, 6.45) is 2.18. The van der Waals surface area contributed by atoms with E-state index in [1.54, 1.807) is 11.8 Å². The van der Waals surface area contributed by atoms with E-state index in [-0.39, 0.29) is 0 Å². The maximum Gasteiger partial charge on any atom is 0.221 e. The molecular weight excluding hydrogens is 210 g/mol. The van der Waals surface area contributed by atoms with E-state index in [0.717, 1.165) is 36.8 Å². The van der Waals surface area contributed by atoms with Crippen LogP contribution in [0.1, 0.15) is 18.5 Å². The van der Waals surface area contributed by atoms with E-state index in [4.69, 9.17) is 10.5 Å². The van der Waals surface area contributed by atoms with Gasteiger partial charge >= 0.3 is 0 Å². The number of aromatic nitrogens is 2. The Balaban J connectivity index is 2.02. The topological polar surface area (TPSA) is 61.0 Å². The van der Waals surface area contributed by atoms with Crippen molar-refractivity contribution in [2.24, 2.45) is 0 Å². The van der Waals surface area contributed by atoms with Crippen LogP contribution in [-0.4, -0.2) is 28.4 Å². The summed E-state index contributed by atoms with van der Waals surface area (Å²) in [4.78, 5) is 8.27. The first kappa shape index (κ1) is 10.7. The fraction of sp³-hybridized carbons (Fsp3) is 0.600. The zero-order valence-corrected chi connectivity index (χ0v) is 9.59. The number of ether oxygens (including phenoxy) is 1. The summed E-state index contributed by atoms with van der Waals surface area (Å²) in [7, 11) is 0. The first-order valence-electron chi connectivity index (χ1n) is 5.09. The minimum atomic E-state index is 0.365. The summed E-state index contributed by atoms with van der Waals surface area (Å²) < 4.78 is 5.31. The number of aryl methyl sites for hydroxylation is 1. The molecule has 1 fully saturated rings. The highest BCUT2D eigenvalue weighted by atomic mass is 32.2. The zero-order valence-electron chi connectivity index (χ0n) is 8.77. The van der Waals surface area contributed by atoms with E-state index in [1.807, 2.05) is 13.0 Å². The van der Waals surface area contributed by atoms with Crippen molar-refractivity contribution < 1.29 is 4.74 Å². The van der Waals surface area contributed by atoms with Crippen LogP contribution in [0, 0.1) is 6.92 Å². The van der Waals surface area contributed by atoms with Gasteiger partial charge in [0.1, 0.15) is 5.03 Å². The van der Waals surface area contributed by atoms with Gasteiger partial charge < -0.3 is 10.5 Å².